The number of hydrogen-bond acceptors (Lipinski definition) is 3. The van der Waals surface area contributed by atoms with Crippen LogP contribution in [0.3, 0.4) is 0 Å². The molecule has 0 aromatic carbocycles. The van der Waals surface area contributed by atoms with Crippen molar-refractivity contribution >= 4 is 5.78 Å². The quantitative estimate of drug-likeness (QED) is 0.772. The summed E-state index contributed by atoms with van der Waals surface area (Å²) in [7, 11) is 0. The molecule has 84 valence electrons. The lowest BCUT2D eigenvalue weighted by Crippen LogP contribution is -2.11. The predicted octanol–water partition coefficient (Wildman–Crippen LogP) is 1.44. The van der Waals surface area contributed by atoms with Gasteiger partial charge in [-0.3, -0.25) is 4.79 Å². The number of nitrogens with one attached hydrogen (secondary N) is 1. The van der Waals surface area contributed by atoms with Crippen molar-refractivity contribution < 1.29 is 4.79 Å². The van der Waals surface area contributed by atoms with Gasteiger partial charge in [-0.25, -0.2) is 9.97 Å². The number of H-pyrrole nitrogens is 1. The van der Waals surface area contributed by atoms with Gasteiger partial charge in [-0.15, -0.1) is 0 Å². The van der Waals surface area contributed by atoms with E-state index in [1.165, 1.54) is 0 Å². The Labute approximate surface area is 93.5 Å². The van der Waals surface area contributed by atoms with Gasteiger partial charge in [-0.05, 0) is 6.42 Å². The molecule has 0 amide bonds. The van der Waals surface area contributed by atoms with Crippen LogP contribution in [0.2, 0.25) is 0 Å². The lowest BCUT2D eigenvalue weighted by molar-refractivity contribution is 0.0980. The fourth-order valence-corrected chi connectivity index (χ4v) is 1.60. The summed E-state index contributed by atoms with van der Waals surface area (Å²) >= 11 is 0. The molecule has 0 saturated heterocycles. The smallest absolute Gasteiger partial charge is 0.205 e. The van der Waals surface area contributed by atoms with Crippen molar-refractivity contribution in [3.63, 3.8) is 0 Å². The van der Waals surface area contributed by atoms with Gasteiger partial charge < -0.3 is 9.55 Å². The predicted molar refractivity (Wildman–Crippen MR) is 59.1 cm³/mol. The normalized spacial score (nSPS) is 10.6. The van der Waals surface area contributed by atoms with Gasteiger partial charge in [0.05, 0.1) is 6.42 Å². The van der Waals surface area contributed by atoms with Gasteiger partial charge >= 0.3 is 0 Å². The van der Waals surface area contributed by atoms with Gasteiger partial charge in [-0.1, -0.05) is 6.92 Å². The van der Waals surface area contributed by atoms with E-state index in [9.17, 15) is 4.79 Å². The number of aromatic nitrogens is 4. The third-order valence-corrected chi connectivity index (χ3v) is 2.35. The first-order valence-corrected chi connectivity index (χ1v) is 5.34. The van der Waals surface area contributed by atoms with E-state index in [-0.39, 0.29) is 5.78 Å². The van der Waals surface area contributed by atoms with Crippen LogP contribution in [0.1, 0.15) is 29.8 Å². The van der Waals surface area contributed by atoms with Crippen molar-refractivity contribution in [2.24, 2.45) is 0 Å². The molecule has 2 heterocycles. The topological polar surface area (TPSA) is 63.6 Å². The molecule has 0 bridgehead atoms. The monoisotopic (exact) mass is 218 g/mol. The Bertz CT molecular complexity index is 458. The number of ketones is 1. The van der Waals surface area contributed by atoms with E-state index in [1.807, 2.05) is 10.8 Å². The zero-order chi connectivity index (χ0) is 11.4. The summed E-state index contributed by atoms with van der Waals surface area (Å²) in [6, 6.07) is 0. The molecule has 5 heteroatoms. The van der Waals surface area contributed by atoms with E-state index in [2.05, 4.69) is 21.9 Å². The van der Waals surface area contributed by atoms with Crippen LogP contribution in [0.25, 0.3) is 0 Å². The van der Waals surface area contributed by atoms with Crippen LogP contribution >= 0.6 is 0 Å². The summed E-state index contributed by atoms with van der Waals surface area (Å²) in [4.78, 5) is 22.7. The second kappa shape index (κ2) is 4.74. The van der Waals surface area contributed by atoms with Gasteiger partial charge in [0.1, 0.15) is 5.82 Å². The molecule has 0 aliphatic heterocycles. The van der Waals surface area contributed by atoms with Crippen molar-refractivity contribution in [1.29, 1.82) is 0 Å². The molecule has 0 spiro atoms. The molecule has 0 aliphatic rings. The number of hydrogen-bond donors (Lipinski definition) is 1. The Morgan fingerprint density at radius 3 is 3.00 bits per heavy atom. The molecule has 0 radical (unpaired) electrons. The molecule has 5 nitrogen and oxygen atoms in total. The highest BCUT2D eigenvalue weighted by molar-refractivity contribution is 5.93. The van der Waals surface area contributed by atoms with E-state index in [4.69, 9.17) is 0 Å². The zero-order valence-electron chi connectivity index (χ0n) is 9.18. The Kier molecular flexibility index (Phi) is 3.14. The highest BCUT2D eigenvalue weighted by Gasteiger charge is 2.12. The van der Waals surface area contributed by atoms with Gasteiger partial charge in [0.15, 0.2) is 5.82 Å². The first-order chi connectivity index (χ1) is 7.81. The minimum atomic E-state index is -0.0337. The van der Waals surface area contributed by atoms with Crippen LogP contribution < -0.4 is 0 Å². The number of nitrogens with zero attached hydrogens (tertiary/aromatic N) is 3. The molecular weight excluding hydrogens is 204 g/mol. The summed E-state index contributed by atoms with van der Waals surface area (Å²) in [5, 5.41) is 0. The fourth-order valence-electron chi connectivity index (χ4n) is 1.60. The van der Waals surface area contributed by atoms with Crippen molar-refractivity contribution in [2.45, 2.75) is 26.3 Å². The lowest BCUT2D eigenvalue weighted by atomic mass is 10.2. The molecule has 2 aromatic rings. The Morgan fingerprint density at radius 1 is 1.44 bits per heavy atom. The maximum Gasteiger partial charge on any atom is 0.205 e. The molecule has 1 N–H and O–H groups in total. The number of aryl methyl sites for hydroxylation is 1. The largest absolute Gasteiger partial charge is 0.342 e. The fraction of sp³-hybridized carbons (Fsp3) is 0.364. The zero-order valence-corrected chi connectivity index (χ0v) is 9.18. The number of carbonyl (C=O) groups excluding carboxylic acids is 1. The van der Waals surface area contributed by atoms with Crippen molar-refractivity contribution in [1.82, 2.24) is 19.5 Å². The molecule has 0 aliphatic carbocycles. The van der Waals surface area contributed by atoms with E-state index >= 15 is 0 Å². The SMILES string of the molecule is CCCn1ccnc1CC(=O)c1ncc[nH]1. The molecule has 0 fully saturated rings. The average molecular weight is 218 g/mol. The van der Waals surface area contributed by atoms with Crippen LogP contribution in [-0.2, 0) is 13.0 Å². The van der Waals surface area contributed by atoms with Crippen LogP contribution in [0.5, 0.6) is 0 Å². The molecular formula is C11H14N4O. The van der Waals surface area contributed by atoms with Gasteiger partial charge in [0.25, 0.3) is 0 Å². The summed E-state index contributed by atoms with van der Waals surface area (Å²) in [6.07, 6.45) is 8.16. The molecule has 0 atom stereocenters. The summed E-state index contributed by atoms with van der Waals surface area (Å²) in [6.45, 7) is 2.99. The minimum Gasteiger partial charge on any atom is -0.342 e. The van der Waals surface area contributed by atoms with E-state index in [1.54, 1.807) is 18.6 Å². The maximum atomic E-state index is 11.8. The molecule has 16 heavy (non-hydrogen) atoms. The summed E-state index contributed by atoms with van der Waals surface area (Å²) in [5.41, 5.74) is 0. The van der Waals surface area contributed by atoms with Crippen LogP contribution in [0, 0.1) is 0 Å². The van der Waals surface area contributed by atoms with Crippen molar-refractivity contribution in [3.8, 4) is 0 Å². The number of Topliss-reactive ketones (excluding diaryl/α,β-unsaturated/α-hetero) is 1. The van der Waals surface area contributed by atoms with Gasteiger partial charge in [0.2, 0.25) is 5.78 Å². The van der Waals surface area contributed by atoms with E-state index in [0.29, 0.717) is 12.2 Å². The van der Waals surface area contributed by atoms with Gasteiger partial charge in [-0.2, -0.15) is 0 Å². The Morgan fingerprint density at radius 2 is 2.31 bits per heavy atom. The minimum absolute atomic E-state index is 0.0337. The molecule has 2 rings (SSSR count). The third kappa shape index (κ3) is 2.18. The first-order valence-electron chi connectivity index (χ1n) is 5.34. The lowest BCUT2D eigenvalue weighted by Gasteiger charge is -2.04. The first kappa shape index (κ1) is 10.6. The molecule has 2 aromatic heterocycles. The number of rotatable bonds is 5. The van der Waals surface area contributed by atoms with Crippen LogP contribution in [0.4, 0.5) is 0 Å². The standard InChI is InChI=1S/C11H14N4O/c1-2-6-15-7-5-12-10(15)8-9(16)11-13-3-4-14-11/h3-5,7H,2,6,8H2,1H3,(H,13,14). The van der Waals surface area contributed by atoms with Crippen molar-refractivity contribution in [2.75, 3.05) is 0 Å². The summed E-state index contributed by atoms with van der Waals surface area (Å²) < 4.78 is 2.00. The second-order valence-corrected chi connectivity index (χ2v) is 3.57. The van der Waals surface area contributed by atoms with E-state index < -0.39 is 0 Å². The second-order valence-electron chi connectivity index (χ2n) is 3.57. The third-order valence-electron chi connectivity index (χ3n) is 2.35. The average Bonchev–Trinajstić information content (AvgIpc) is 2.90. The van der Waals surface area contributed by atoms with E-state index in [0.717, 1.165) is 18.8 Å². The Balaban J connectivity index is 2.09. The van der Waals surface area contributed by atoms with Crippen LogP contribution in [-0.4, -0.2) is 25.3 Å². The van der Waals surface area contributed by atoms with Gasteiger partial charge in [0, 0.05) is 31.3 Å². The Hall–Kier alpha value is -1.91. The highest BCUT2D eigenvalue weighted by atomic mass is 16.1. The summed E-state index contributed by atoms with van der Waals surface area (Å²) in [5.74, 6) is 1.16. The molecule has 0 unspecified atom stereocenters. The number of carbonyl (C=O) groups is 1. The highest BCUT2D eigenvalue weighted by Crippen LogP contribution is 2.04. The maximum absolute atomic E-state index is 11.8. The number of imidazole rings is 2. The molecule has 0 saturated carbocycles. The number of aromatic amines is 1. The van der Waals surface area contributed by atoms with Crippen LogP contribution in [0.15, 0.2) is 24.8 Å². The van der Waals surface area contributed by atoms with Crippen molar-refractivity contribution in [3.05, 3.63) is 36.4 Å².